The van der Waals surface area contributed by atoms with Crippen LogP contribution in [0.2, 0.25) is 0 Å². The van der Waals surface area contributed by atoms with Crippen molar-refractivity contribution in [1.29, 1.82) is 0 Å². The van der Waals surface area contributed by atoms with Crippen molar-refractivity contribution in [3.05, 3.63) is 65.7 Å². The van der Waals surface area contributed by atoms with Gasteiger partial charge in [0, 0.05) is 32.7 Å². The third-order valence-electron chi connectivity index (χ3n) is 7.16. The fourth-order valence-corrected chi connectivity index (χ4v) is 5.16. The molecule has 1 heterocycles. The van der Waals surface area contributed by atoms with E-state index in [0.717, 1.165) is 11.7 Å². The van der Waals surface area contributed by atoms with Crippen LogP contribution in [0, 0.1) is 5.92 Å². The molecule has 2 fully saturated rings. The number of hydrogen-bond acceptors (Lipinski definition) is 3. The van der Waals surface area contributed by atoms with E-state index in [1.165, 1.54) is 76.0 Å². The molecule has 1 saturated heterocycles. The summed E-state index contributed by atoms with van der Waals surface area (Å²) >= 11 is 0. The third-order valence-corrected chi connectivity index (χ3v) is 7.16. The molecule has 0 amide bonds. The molecule has 3 heteroatoms. The Bertz CT molecular complexity index is 746. The van der Waals surface area contributed by atoms with E-state index in [1.807, 2.05) is 0 Å². The Labute approximate surface area is 183 Å². The molecule has 0 spiro atoms. The van der Waals surface area contributed by atoms with E-state index in [9.17, 15) is 0 Å². The molecule has 2 atom stereocenters. The van der Waals surface area contributed by atoms with Crippen LogP contribution in [0.1, 0.15) is 62.2 Å². The summed E-state index contributed by atoms with van der Waals surface area (Å²) in [5.74, 6) is 2.44. The van der Waals surface area contributed by atoms with Crippen molar-refractivity contribution in [2.24, 2.45) is 5.92 Å². The Balaban J connectivity index is 1.44. The van der Waals surface area contributed by atoms with Crippen molar-refractivity contribution in [3.63, 3.8) is 0 Å². The first kappa shape index (κ1) is 21.4. The predicted octanol–water partition coefficient (Wildman–Crippen LogP) is 5.74. The topological polar surface area (TPSA) is 15.7 Å². The maximum absolute atomic E-state index is 6.23. The number of benzene rings is 2. The maximum Gasteiger partial charge on any atom is 0.121 e. The Hall–Kier alpha value is -1.84. The van der Waals surface area contributed by atoms with Crippen LogP contribution in [-0.4, -0.2) is 49.6 Å². The average molecular weight is 407 g/mol. The van der Waals surface area contributed by atoms with Crippen LogP contribution in [0.25, 0.3) is 0 Å². The van der Waals surface area contributed by atoms with Gasteiger partial charge in [-0.25, -0.2) is 0 Å². The molecule has 0 N–H and O–H groups in total. The Morgan fingerprint density at radius 2 is 1.50 bits per heavy atom. The van der Waals surface area contributed by atoms with Gasteiger partial charge in [0.2, 0.25) is 0 Å². The van der Waals surface area contributed by atoms with Crippen molar-refractivity contribution in [2.45, 2.75) is 51.0 Å². The summed E-state index contributed by atoms with van der Waals surface area (Å²) in [4.78, 5) is 5.15. The minimum atomic E-state index is 0.0662. The highest BCUT2D eigenvalue weighted by Gasteiger charge is 2.28. The molecule has 3 nitrogen and oxygen atoms in total. The van der Waals surface area contributed by atoms with Crippen LogP contribution in [0.15, 0.2) is 54.6 Å². The highest BCUT2D eigenvalue weighted by Crippen LogP contribution is 2.37. The van der Waals surface area contributed by atoms with Gasteiger partial charge in [-0.1, -0.05) is 61.7 Å². The normalized spacial score (nSPS) is 21.3. The summed E-state index contributed by atoms with van der Waals surface area (Å²) in [6, 6.07) is 19.5. The molecule has 2 aromatic carbocycles. The molecule has 4 rings (SSSR count). The summed E-state index contributed by atoms with van der Waals surface area (Å²) in [5.41, 5.74) is 2.72. The zero-order chi connectivity index (χ0) is 20.8. The smallest absolute Gasteiger partial charge is 0.121 e. The Kier molecular flexibility index (Phi) is 7.46. The summed E-state index contributed by atoms with van der Waals surface area (Å²) in [6.45, 7) is 8.13. The fourth-order valence-electron chi connectivity index (χ4n) is 5.16. The highest BCUT2D eigenvalue weighted by atomic mass is 16.5. The zero-order valence-corrected chi connectivity index (χ0v) is 18.8. The van der Waals surface area contributed by atoms with Gasteiger partial charge in [0.25, 0.3) is 0 Å². The molecule has 0 bridgehead atoms. The standard InChI is InChI=1S/C27H38N2O/c1-22(23-9-5-3-6-10-23)30-26-15-13-25(14-16-26)27(24-11-7-4-8-12-24)21-29-19-17-28(2)18-20-29/h3,5-6,9-10,13-16,22,24,27H,4,7-8,11-12,17-21H2,1-2H3/t22-,27?/m1/s1. The molecule has 1 saturated carbocycles. The van der Waals surface area contributed by atoms with E-state index in [1.54, 1.807) is 0 Å². The van der Waals surface area contributed by atoms with Gasteiger partial charge >= 0.3 is 0 Å². The predicted molar refractivity (Wildman–Crippen MR) is 125 cm³/mol. The lowest BCUT2D eigenvalue weighted by Crippen LogP contribution is -2.46. The molecule has 2 aromatic rings. The molecule has 30 heavy (non-hydrogen) atoms. The first-order valence-corrected chi connectivity index (χ1v) is 11.9. The van der Waals surface area contributed by atoms with E-state index in [2.05, 4.69) is 78.4 Å². The molecule has 0 aromatic heterocycles. The molecule has 1 unspecified atom stereocenters. The lowest BCUT2D eigenvalue weighted by Gasteiger charge is -2.38. The van der Waals surface area contributed by atoms with Crippen LogP contribution in [0.4, 0.5) is 0 Å². The van der Waals surface area contributed by atoms with E-state index >= 15 is 0 Å². The number of nitrogens with zero attached hydrogens (tertiary/aromatic N) is 2. The molecule has 162 valence electrons. The van der Waals surface area contributed by atoms with Gasteiger partial charge in [-0.3, -0.25) is 0 Å². The van der Waals surface area contributed by atoms with Gasteiger partial charge in [-0.15, -0.1) is 0 Å². The minimum absolute atomic E-state index is 0.0662. The van der Waals surface area contributed by atoms with Crippen LogP contribution >= 0.6 is 0 Å². The number of piperazine rings is 1. The SMILES string of the molecule is C[C@@H](Oc1ccc(C(CN2CCN(C)CC2)C2CCCCC2)cc1)c1ccccc1. The van der Waals surface area contributed by atoms with Crippen molar-refractivity contribution >= 4 is 0 Å². The molecule has 1 aliphatic heterocycles. The Morgan fingerprint density at radius 1 is 0.833 bits per heavy atom. The molecular weight excluding hydrogens is 368 g/mol. The lowest BCUT2D eigenvalue weighted by molar-refractivity contribution is 0.131. The quantitative estimate of drug-likeness (QED) is 0.583. The van der Waals surface area contributed by atoms with Gasteiger partial charge < -0.3 is 14.5 Å². The largest absolute Gasteiger partial charge is 0.486 e. The molecular formula is C27H38N2O. The molecule has 1 aliphatic carbocycles. The van der Waals surface area contributed by atoms with Crippen molar-refractivity contribution in [2.75, 3.05) is 39.8 Å². The monoisotopic (exact) mass is 406 g/mol. The van der Waals surface area contributed by atoms with E-state index in [0.29, 0.717) is 5.92 Å². The lowest BCUT2D eigenvalue weighted by atomic mass is 9.76. The van der Waals surface area contributed by atoms with Crippen LogP contribution in [0.5, 0.6) is 5.75 Å². The summed E-state index contributed by atoms with van der Waals surface area (Å²) < 4.78 is 6.23. The zero-order valence-electron chi connectivity index (χ0n) is 18.8. The highest BCUT2D eigenvalue weighted by molar-refractivity contribution is 5.31. The maximum atomic E-state index is 6.23. The summed E-state index contributed by atoms with van der Waals surface area (Å²) in [7, 11) is 2.24. The van der Waals surface area contributed by atoms with Gasteiger partial charge in [-0.2, -0.15) is 0 Å². The summed E-state index contributed by atoms with van der Waals surface area (Å²) in [5, 5.41) is 0. The Morgan fingerprint density at radius 3 is 2.17 bits per heavy atom. The van der Waals surface area contributed by atoms with Gasteiger partial charge in [0.1, 0.15) is 11.9 Å². The van der Waals surface area contributed by atoms with E-state index in [4.69, 9.17) is 4.74 Å². The summed E-state index contributed by atoms with van der Waals surface area (Å²) in [6.07, 6.45) is 7.07. The van der Waals surface area contributed by atoms with Gasteiger partial charge in [0.05, 0.1) is 0 Å². The van der Waals surface area contributed by atoms with Crippen LogP contribution < -0.4 is 4.74 Å². The van der Waals surface area contributed by atoms with Gasteiger partial charge in [0.15, 0.2) is 0 Å². The number of hydrogen-bond donors (Lipinski definition) is 0. The second-order valence-electron chi connectivity index (χ2n) is 9.35. The van der Waals surface area contributed by atoms with E-state index in [-0.39, 0.29) is 6.10 Å². The first-order chi connectivity index (χ1) is 14.7. The van der Waals surface area contributed by atoms with Crippen molar-refractivity contribution < 1.29 is 4.74 Å². The van der Waals surface area contributed by atoms with Crippen molar-refractivity contribution in [3.8, 4) is 5.75 Å². The first-order valence-electron chi connectivity index (χ1n) is 11.9. The average Bonchev–Trinajstić information content (AvgIpc) is 2.80. The second kappa shape index (κ2) is 10.5. The van der Waals surface area contributed by atoms with Crippen LogP contribution in [-0.2, 0) is 0 Å². The fraction of sp³-hybridized carbons (Fsp3) is 0.556. The van der Waals surface area contributed by atoms with E-state index < -0.39 is 0 Å². The number of rotatable bonds is 7. The number of ether oxygens (including phenoxy) is 1. The molecule has 0 radical (unpaired) electrons. The van der Waals surface area contributed by atoms with Crippen molar-refractivity contribution in [1.82, 2.24) is 9.80 Å². The third kappa shape index (κ3) is 5.65. The van der Waals surface area contributed by atoms with Crippen LogP contribution in [0.3, 0.4) is 0 Å². The molecule has 2 aliphatic rings. The number of likely N-dealkylation sites (N-methyl/N-ethyl adjacent to an activating group) is 1. The van der Waals surface area contributed by atoms with Gasteiger partial charge in [-0.05, 0) is 61.9 Å². The second-order valence-corrected chi connectivity index (χ2v) is 9.35. The minimum Gasteiger partial charge on any atom is -0.486 e.